The molecule has 3 heteroatoms. The smallest absolute Gasteiger partial charge is 0.251 e. The van der Waals surface area contributed by atoms with Crippen molar-refractivity contribution in [2.75, 3.05) is 13.7 Å². The lowest BCUT2D eigenvalue weighted by molar-refractivity contribution is -0.141. The van der Waals surface area contributed by atoms with Crippen LogP contribution >= 0.6 is 0 Å². The van der Waals surface area contributed by atoms with Gasteiger partial charge in [0.05, 0.1) is 0 Å². The van der Waals surface area contributed by atoms with Crippen molar-refractivity contribution in [2.24, 2.45) is 0 Å². The Morgan fingerprint density at radius 3 is 2.50 bits per heavy atom. The molecule has 0 N–H and O–H groups in total. The molecular weight excluding hydrogens is 202 g/mol. The van der Waals surface area contributed by atoms with Crippen LogP contribution in [0.15, 0.2) is 30.3 Å². The Morgan fingerprint density at radius 1 is 1.38 bits per heavy atom. The molecule has 1 aromatic rings. The molecular formula is C13H19NO2. The maximum absolute atomic E-state index is 11.9. The van der Waals surface area contributed by atoms with E-state index in [0.717, 1.165) is 5.56 Å². The molecule has 0 aliphatic heterocycles. The number of ether oxygens (including phenoxy) is 1. The summed E-state index contributed by atoms with van der Waals surface area (Å²) in [7, 11) is 1.55. The molecule has 1 unspecified atom stereocenters. The molecule has 0 radical (unpaired) electrons. The molecule has 0 fully saturated rings. The van der Waals surface area contributed by atoms with Crippen LogP contribution < -0.4 is 0 Å². The van der Waals surface area contributed by atoms with Crippen LogP contribution in [0, 0.1) is 0 Å². The topological polar surface area (TPSA) is 29.5 Å². The zero-order valence-corrected chi connectivity index (χ0v) is 10.1. The summed E-state index contributed by atoms with van der Waals surface area (Å²) in [4.78, 5) is 13.7. The third-order valence-corrected chi connectivity index (χ3v) is 2.61. The average Bonchev–Trinajstić information content (AvgIpc) is 2.35. The van der Waals surface area contributed by atoms with Gasteiger partial charge >= 0.3 is 0 Å². The second kappa shape index (κ2) is 6.28. The normalized spacial score (nSPS) is 12.2. The minimum Gasteiger partial charge on any atom is -0.372 e. The zero-order chi connectivity index (χ0) is 12.0. The van der Waals surface area contributed by atoms with E-state index in [-0.39, 0.29) is 12.0 Å². The van der Waals surface area contributed by atoms with E-state index in [0.29, 0.717) is 13.1 Å². The first-order chi connectivity index (χ1) is 7.69. The Kier molecular flexibility index (Phi) is 4.99. The van der Waals surface area contributed by atoms with Crippen molar-refractivity contribution in [1.82, 2.24) is 4.90 Å². The van der Waals surface area contributed by atoms with Crippen molar-refractivity contribution in [3.63, 3.8) is 0 Å². The number of carbonyl (C=O) groups is 1. The van der Waals surface area contributed by atoms with Crippen LogP contribution in [0.25, 0.3) is 0 Å². The second-order valence-corrected chi connectivity index (χ2v) is 3.72. The molecule has 1 atom stereocenters. The monoisotopic (exact) mass is 221 g/mol. The van der Waals surface area contributed by atoms with E-state index in [9.17, 15) is 4.79 Å². The molecule has 1 aromatic carbocycles. The molecule has 0 bridgehead atoms. The summed E-state index contributed by atoms with van der Waals surface area (Å²) in [5.74, 6) is 0.0360. The first-order valence-electron chi connectivity index (χ1n) is 5.54. The van der Waals surface area contributed by atoms with Crippen LogP contribution in [-0.4, -0.2) is 30.6 Å². The Morgan fingerprint density at radius 2 is 2.00 bits per heavy atom. The second-order valence-electron chi connectivity index (χ2n) is 3.72. The van der Waals surface area contributed by atoms with Crippen molar-refractivity contribution in [2.45, 2.75) is 26.5 Å². The van der Waals surface area contributed by atoms with Crippen LogP contribution in [0.2, 0.25) is 0 Å². The van der Waals surface area contributed by atoms with E-state index in [4.69, 9.17) is 4.74 Å². The van der Waals surface area contributed by atoms with E-state index in [1.54, 1.807) is 18.9 Å². The van der Waals surface area contributed by atoms with Gasteiger partial charge in [-0.3, -0.25) is 4.79 Å². The molecule has 0 saturated heterocycles. The summed E-state index contributed by atoms with van der Waals surface area (Å²) in [6, 6.07) is 9.97. The first kappa shape index (κ1) is 12.7. The fraction of sp³-hybridized carbons (Fsp3) is 0.462. The zero-order valence-electron chi connectivity index (χ0n) is 10.1. The first-order valence-corrected chi connectivity index (χ1v) is 5.54. The van der Waals surface area contributed by atoms with Gasteiger partial charge in [0, 0.05) is 20.2 Å². The molecule has 0 aromatic heterocycles. The van der Waals surface area contributed by atoms with Gasteiger partial charge in [0.2, 0.25) is 0 Å². The largest absolute Gasteiger partial charge is 0.372 e. The Hall–Kier alpha value is -1.35. The van der Waals surface area contributed by atoms with Gasteiger partial charge < -0.3 is 9.64 Å². The quantitative estimate of drug-likeness (QED) is 0.761. The predicted molar refractivity (Wildman–Crippen MR) is 64.0 cm³/mol. The third kappa shape index (κ3) is 3.35. The molecule has 0 aliphatic rings. The number of benzene rings is 1. The average molecular weight is 221 g/mol. The highest BCUT2D eigenvalue weighted by Crippen LogP contribution is 2.06. The number of hydrogen-bond acceptors (Lipinski definition) is 2. The standard InChI is InChI=1S/C13H19NO2/c1-4-14(13(15)11(2)16-3)10-12-8-6-5-7-9-12/h5-9,11H,4,10H2,1-3H3. The summed E-state index contributed by atoms with van der Waals surface area (Å²) in [6.45, 7) is 5.09. The van der Waals surface area contributed by atoms with Crippen LogP contribution in [0.3, 0.4) is 0 Å². The van der Waals surface area contributed by atoms with Crippen LogP contribution in [0.1, 0.15) is 19.4 Å². The fourth-order valence-electron chi connectivity index (χ4n) is 1.51. The van der Waals surface area contributed by atoms with Crippen LogP contribution in [0.4, 0.5) is 0 Å². The van der Waals surface area contributed by atoms with Gasteiger partial charge in [-0.1, -0.05) is 30.3 Å². The van der Waals surface area contributed by atoms with Crippen LogP contribution in [-0.2, 0) is 16.1 Å². The van der Waals surface area contributed by atoms with Gasteiger partial charge in [0.1, 0.15) is 6.10 Å². The Labute approximate surface area is 97.0 Å². The SMILES string of the molecule is CCN(Cc1ccccc1)C(=O)C(C)OC. The van der Waals surface area contributed by atoms with Gasteiger partial charge in [-0.15, -0.1) is 0 Å². The minimum atomic E-state index is -0.372. The third-order valence-electron chi connectivity index (χ3n) is 2.61. The summed E-state index contributed by atoms with van der Waals surface area (Å²) in [5.41, 5.74) is 1.14. The number of rotatable bonds is 5. The molecule has 1 amide bonds. The van der Waals surface area contributed by atoms with E-state index in [1.165, 1.54) is 0 Å². The summed E-state index contributed by atoms with van der Waals surface area (Å²) in [5, 5.41) is 0. The van der Waals surface area contributed by atoms with Crippen molar-refractivity contribution in [1.29, 1.82) is 0 Å². The summed E-state index contributed by atoms with van der Waals surface area (Å²) in [6.07, 6.45) is -0.372. The minimum absolute atomic E-state index is 0.0360. The number of carbonyl (C=O) groups excluding carboxylic acids is 1. The van der Waals surface area contributed by atoms with Gasteiger partial charge in [-0.2, -0.15) is 0 Å². The molecule has 1 rings (SSSR count). The number of nitrogens with zero attached hydrogens (tertiary/aromatic N) is 1. The summed E-state index contributed by atoms with van der Waals surface area (Å²) < 4.78 is 5.04. The van der Waals surface area contributed by atoms with Crippen LogP contribution in [0.5, 0.6) is 0 Å². The maximum Gasteiger partial charge on any atom is 0.251 e. The van der Waals surface area contributed by atoms with Gasteiger partial charge in [0.25, 0.3) is 5.91 Å². The molecule has 0 heterocycles. The number of likely N-dealkylation sites (N-methyl/N-ethyl adjacent to an activating group) is 1. The van der Waals surface area contributed by atoms with E-state index >= 15 is 0 Å². The highest BCUT2D eigenvalue weighted by atomic mass is 16.5. The van der Waals surface area contributed by atoms with E-state index in [2.05, 4.69) is 0 Å². The van der Waals surface area contributed by atoms with Crippen molar-refractivity contribution >= 4 is 5.91 Å². The number of hydrogen-bond donors (Lipinski definition) is 0. The molecule has 3 nitrogen and oxygen atoms in total. The number of amides is 1. The molecule has 0 spiro atoms. The Bertz CT molecular complexity index is 324. The van der Waals surface area contributed by atoms with Crippen molar-refractivity contribution in [3.8, 4) is 0 Å². The maximum atomic E-state index is 11.9. The fourth-order valence-corrected chi connectivity index (χ4v) is 1.51. The Balaban J connectivity index is 2.66. The molecule has 0 saturated carbocycles. The predicted octanol–water partition coefficient (Wildman–Crippen LogP) is 2.07. The highest BCUT2D eigenvalue weighted by Gasteiger charge is 2.18. The number of methoxy groups -OCH3 is 1. The van der Waals surface area contributed by atoms with Crippen molar-refractivity contribution < 1.29 is 9.53 Å². The lowest BCUT2D eigenvalue weighted by Gasteiger charge is -2.23. The lowest BCUT2D eigenvalue weighted by atomic mass is 10.2. The van der Waals surface area contributed by atoms with E-state index < -0.39 is 0 Å². The van der Waals surface area contributed by atoms with E-state index in [1.807, 2.05) is 37.3 Å². The van der Waals surface area contributed by atoms with Crippen molar-refractivity contribution in [3.05, 3.63) is 35.9 Å². The molecule has 16 heavy (non-hydrogen) atoms. The molecule has 0 aliphatic carbocycles. The van der Waals surface area contributed by atoms with Gasteiger partial charge in [-0.05, 0) is 19.4 Å². The van der Waals surface area contributed by atoms with Gasteiger partial charge in [-0.25, -0.2) is 0 Å². The lowest BCUT2D eigenvalue weighted by Crippen LogP contribution is -2.38. The summed E-state index contributed by atoms with van der Waals surface area (Å²) >= 11 is 0. The highest BCUT2D eigenvalue weighted by molar-refractivity contribution is 5.80. The molecule has 88 valence electrons. The van der Waals surface area contributed by atoms with Gasteiger partial charge in [0.15, 0.2) is 0 Å².